The molecule has 1 aromatic carbocycles. The van der Waals surface area contributed by atoms with Gasteiger partial charge in [-0.3, -0.25) is 4.79 Å². The molecule has 0 radical (unpaired) electrons. The molecule has 1 amide bonds. The first kappa shape index (κ1) is 18.2. The Morgan fingerprint density at radius 1 is 1.44 bits per heavy atom. The highest BCUT2D eigenvalue weighted by Gasteiger charge is 2.34. The molecule has 0 aliphatic carbocycles. The number of nitrogens with one attached hydrogen (secondary N) is 2. The molecule has 5 nitrogen and oxygen atoms in total. The van der Waals surface area contributed by atoms with Crippen molar-refractivity contribution in [3.8, 4) is 5.75 Å². The van der Waals surface area contributed by atoms with E-state index in [2.05, 4.69) is 29.7 Å². The van der Waals surface area contributed by atoms with Crippen LogP contribution in [0.1, 0.15) is 43.7 Å². The standard InChI is InChI=1S/C20H30N2O3/c1-15-5-6-17(18(11-15)25-14-16-7-10-24-13-16)12-21-19(23)20(2)8-3-4-9-22-20/h5-6,11,16,22H,3-4,7-10,12-14H2,1-2H3,(H,21,23)/t16-,20-/m0/s1. The van der Waals surface area contributed by atoms with Crippen LogP contribution in [0.4, 0.5) is 0 Å². The Morgan fingerprint density at radius 2 is 2.32 bits per heavy atom. The molecule has 25 heavy (non-hydrogen) atoms. The molecule has 0 aromatic heterocycles. The second kappa shape index (κ2) is 8.19. The van der Waals surface area contributed by atoms with Crippen LogP contribution in [0.25, 0.3) is 0 Å². The van der Waals surface area contributed by atoms with Gasteiger partial charge in [-0.2, -0.15) is 0 Å². The Bertz CT molecular complexity index is 591. The second-order valence-corrected chi connectivity index (χ2v) is 7.55. The average molecular weight is 346 g/mol. The summed E-state index contributed by atoms with van der Waals surface area (Å²) in [5, 5.41) is 6.45. The molecule has 0 saturated carbocycles. The van der Waals surface area contributed by atoms with Crippen LogP contribution in [0.3, 0.4) is 0 Å². The third-order valence-corrected chi connectivity index (χ3v) is 5.28. The van der Waals surface area contributed by atoms with Crippen molar-refractivity contribution >= 4 is 5.91 Å². The SMILES string of the molecule is Cc1ccc(CNC(=O)[C@]2(C)CCCCN2)c(OC[C@H]2CCOC2)c1. The second-order valence-electron chi connectivity index (χ2n) is 7.55. The fourth-order valence-corrected chi connectivity index (χ4v) is 3.49. The van der Waals surface area contributed by atoms with E-state index in [1.807, 2.05) is 13.0 Å². The maximum Gasteiger partial charge on any atom is 0.240 e. The third-order valence-electron chi connectivity index (χ3n) is 5.28. The van der Waals surface area contributed by atoms with E-state index in [0.717, 1.165) is 62.3 Å². The van der Waals surface area contributed by atoms with E-state index in [-0.39, 0.29) is 5.91 Å². The Labute approximate surface area is 150 Å². The summed E-state index contributed by atoms with van der Waals surface area (Å²) in [4.78, 5) is 12.6. The van der Waals surface area contributed by atoms with E-state index in [1.54, 1.807) is 0 Å². The average Bonchev–Trinajstić information content (AvgIpc) is 3.13. The maximum atomic E-state index is 12.6. The van der Waals surface area contributed by atoms with E-state index in [0.29, 0.717) is 19.1 Å². The van der Waals surface area contributed by atoms with Crippen molar-refractivity contribution in [2.75, 3.05) is 26.4 Å². The molecule has 2 aliphatic rings. The zero-order chi connectivity index (χ0) is 17.7. The largest absolute Gasteiger partial charge is 0.493 e. The number of hydrogen-bond acceptors (Lipinski definition) is 4. The lowest BCUT2D eigenvalue weighted by atomic mass is 9.90. The molecule has 0 bridgehead atoms. The number of hydrogen-bond donors (Lipinski definition) is 2. The normalized spacial score (nSPS) is 26.4. The number of rotatable bonds is 6. The van der Waals surface area contributed by atoms with Crippen LogP contribution in [0.5, 0.6) is 5.75 Å². The fourth-order valence-electron chi connectivity index (χ4n) is 3.49. The molecule has 5 heteroatoms. The van der Waals surface area contributed by atoms with Crippen LogP contribution < -0.4 is 15.4 Å². The van der Waals surface area contributed by atoms with Gasteiger partial charge in [-0.1, -0.05) is 12.1 Å². The molecular formula is C20H30N2O3. The van der Waals surface area contributed by atoms with Gasteiger partial charge in [-0.05, 0) is 57.7 Å². The number of piperidine rings is 1. The van der Waals surface area contributed by atoms with Gasteiger partial charge >= 0.3 is 0 Å². The van der Waals surface area contributed by atoms with Crippen molar-refractivity contribution < 1.29 is 14.3 Å². The van der Waals surface area contributed by atoms with Gasteiger partial charge in [0, 0.05) is 24.6 Å². The highest BCUT2D eigenvalue weighted by molar-refractivity contribution is 5.86. The van der Waals surface area contributed by atoms with E-state index in [4.69, 9.17) is 9.47 Å². The summed E-state index contributed by atoms with van der Waals surface area (Å²) in [6.07, 6.45) is 4.18. The maximum absolute atomic E-state index is 12.6. The monoisotopic (exact) mass is 346 g/mol. The van der Waals surface area contributed by atoms with Gasteiger partial charge in [0.25, 0.3) is 0 Å². The fraction of sp³-hybridized carbons (Fsp3) is 0.650. The zero-order valence-corrected chi connectivity index (χ0v) is 15.4. The van der Waals surface area contributed by atoms with Gasteiger partial charge in [0.2, 0.25) is 5.91 Å². The summed E-state index contributed by atoms with van der Waals surface area (Å²) in [6.45, 7) is 7.73. The number of carbonyl (C=O) groups excluding carboxylic acids is 1. The Morgan fingerprint density at radius 3 is 3.04 bits per heavy atom. The number of amides is 1. The molecule has 2 N–H and O–H groups in total. The Balaban J connectivity index is 1.60. The molecule has 2 heterocycles. The topological polar surface area (TPSA) is 59.6 Å². The van der Waals surface area contributed by atoms with Crippen LogP contribution in [-0.2, 0) is 16.1 Å². The quantitative estimate of drug-likeness (QED) is 0.831. The molecule has 0 spiro atoms. The summed E-state index contributed by atoms with van der Waals surface area (Å²) >= 11 is 0. The summed E-state index contributed by atoms with van der Waals surface area (Å²) in [6, 6.07) is 6.16. The van der Waals surface area contributed by atoms with Crippen molar-refractivity contribution in [2.24, 2.45) is 5.92 Å². The molecular weight excluding hydrogens is 316 g/mol. The number of benzene rings is 1. The van der Waals surface area contributed by atoms with E-state index >= 15 is 0 Å². The smallest absolute Gasteiger partial charge is 0.240 e. The Hall–Kier alpha value is -1.59. The number of carbonyl (C=O) groups is 1. The highest BCUT2D eigenvalue weighted by Crippen LogP contribution is 2.24. The molecule has 3 rings (SSSR count). The molecule has 1 aromatic rings. The lowest BCUT2D eigenvalue weighted by molar-refractivity contribution is -0.128. The van der Waals surface area contributed by atoms with Crippen LogP contribution >= 0.6 is 0 Å². The predicted molar refractivity (Wildman–Crippen MR) is 97.7 cm³/mol. The summed E-state index contributed by atoms with van der Waals surface area (Å²) in [5.74, 6) is 1.41. The summed E-state index contributed by atoms with van der Waals surface area (Å²) in [5.41, 5.74) is 1.73. The first-order chi connectivity index (χ1) is 12.1. The summed E-state index contributed by atoms with van der Waals surface area (Å²) < 4.78 is 11.5. The Kier molecular flexibility index (Phi) is 5.97. The van der Waals surface area contributed by atoms with Gasteiger partial charge in [-0.25, -0.2) is 0 Å². The van der Waals surface area contributed by atoms with Crippen molar-refractivity contribution in [1.29, 1.82) is 0 Å². The molecule has 0 unspecified atom stereocenters. The zero-order valence-electron chi connectivity index (χ0n) is 15.4. The lowest BCUT2D eigenvalue weighted by Crippen LogP contribution is -2.56. The minimum absolute atomic E-state index is 0.0721. The van der Waals surface area contributed by atoms with Crippen molar-refractivity contribution in [1.82, 2.24) is 10.6 Å². The van der Waals surface area contributed by atoms with E-state index < -0.39 is 5.54 Å². The van der Waals surface area contributed by atoms with Gasteiger partial charge in [0.05, 0.1) is 18.8 Å². The van der Waals surface area contributed by atoms with E-state index in [1.165, 1.54) is 0 Å². The van der Waals surface area contributed by atoms with Crippen LogP contribution in [0.15, 0.2) is 18.2 Å². The minimum Gasteiger partial charge on any atom is -0.493 e. The molecule has 2 saturated heterocycles. The van der Waals surface area contributed by atoms with E-state index in [9.17, 15) is 4.79 Å². The van der Waals surface area contributed by atoms with Gasteiger partial charge in [0.15, 0.2) is 0 Å². The van der Waals surface area contributed by atoms with Crippen LogP contribution in [-0.4, -0.2) is 37.8 Å². The molecule has 2 aliphatic heterocycles. The molecule has 2 fully saturated rings. The lowest BCUT2D eigenvalue weighted by Gasteiger charge is -2.33. The van der Waals surface area contributed by atoms with Crippen molar-refractivity contribution in [3.05, 3.63) is 29.3 Å². The van der Waals surface area contributed by atoms with Crippen LogP contribution in [0.2, 0.25) is 0 Å². The summed E-state index contributed by atoms with van der Waals surface area (Å²) in [7, 11) is 0. The van der Waals surface area contributed by atoms with Crippen molar-refractivity contribution in [2.45, 2.75) is 51.6 Å². The first-order valence-corrected chi connectivity index (χ1v) is 9.40. The number of ether oxygens (including phenoxy) is 2. The molecule has 2 atom stereocenters. The highest BCUT2D eigenvalue weighted by atomic mass is 16.5. The molecule has 138 valence electrons. The van der Waals surface area contributed by atoms with Gasteiger partial charge in [-0.15, -0.1) is 0 Å². The minimum atomic E-state index is -0.453. The predicted octanol–water partition coefficient (Wildman–Crippen LogP) is 2.56. The van der Waals surface area contributed by atoms with Gasteiger partial charge < -0.3 is 20.1 Å². The van der Waals surface area contributed by atoms with Crippen molar-refractivity contribution in [3.63, 3.8) is 0 Å². The number of aryl methyl sites for hydroxylation is 1. The third kappa shape index (κ3) is 4.73. The first-order valence-electron chi connectivity index (χ1n) is 9.40. The van der Waals surface area contributed by atoms with Crippen LogP contribution in [0, 0.1) is 12.8 Å². The van der Waals surface area contributed by atoms with Gasteiger partial charge in [0.1, 0.15) is 5.75 Å².